The lowest BCUT2D eigenvalue weighted by atomic mass is 10.00. The summed E-state index contributed by atoms with van der Waals surface area (Å²) in [6.07, 6.45) is 0. The molecule has 2 rings (SSSR count). The minimum absolute atomic E-state index is 0.0300. The topological polar surface area (TPSA) is 21.3 Å². The van der Waals surface area contributed by atoms with Crippen molar-refractivity contribution in [1.29, 1.82) is 0 Å². The van der Waals surface area contributed by atoms with Gasteiger partial charge in [0.1, 0.15) is 11.4 Å². The number of hydrogen-bond acceptors (Lipinski definition) is 2. The maximum atomic E-state index is 5.91. The lowest BCUT2D eigenvalue weighted by Crippen LogP contribution is -2.61. The van der Waals surface area contributed by atoms with Gasteiger partial charge in [-0.25, -0.2) is 0 Å². The third-order valence-electron chi connectivity index (χ3n) is 2.44. The van der Waals surface area contributed by atoms with Gasteiger partial charge in [0.05, 0.1) is 4.47 Å². The van der Waals surface area contributed by atoms with Gasteiger partial charge in [0.25, 0.3) is 0 Å². The van der Waals surface area contributed by atoms with E-state index in [1.807, 2.05) is 6.07 Å². The summed E-state index contributed by atoms with van der Waals surface area (Å²) in [4.78, 5) is 0. The van der Waals surface area contributed by atoms with Crippen LogP contribution in [0.1, 0.15) is 12.5 Å². The fraction of sp³-hybridized carbons (Fsp3) is 0.455. The average Bonchev–Trinajstić information content (AvgIpc) is 2.07. The second kappa shape index (κ2) is 3.55. The fourth-order valence-corrected chi connectivity index (χ4v) is 2.08. The molecule has 1 aromatic rings. The van der Waals surface area contributed by atoms with Crippen molar-refractivity contribution in [3.05, 3.63) is 28.2 Å². The summed E-state index contributed by atoms with van der Waals surface area (Å²) in [5.74, 6) is 0.930. The zero-order chi connectivity index (χ0) is 10.2. The summed E-state index contributed by atoms with van der Waals surface area (Å²) in [7, 11) is 0. The second-order valence-corrected chi connectivity index (χ2v) is 4.94. The van der Waals surface area contributed by atoms with E-state index in [9.17, 15) is 0 Å². The van der Waals surface area contributed by atoms with Crippen LogP contribution in [0, 0.1) is 6.92 Å². The first-order valence-corrected chi connectivity index (χ1v) is 5.54. The molecule has 3 heteroatoms. The molecule has 1 N–H and O–H groups in total. The molecule has 1 aliphatic heterocycles. The molecule has 1 heterocycles. The van der Waals surface area contributed by atoms with E-state index in [-0.39, 0.29) is 5.60 Å². The summed E-state index contributed by atoms with van der Waals surface area (Å²) in [6.45, 7) is 6.04. The minimum Gasteiger partial charge on any atom is -0.484 e. The largest absolute Gasteiger partial charge is 0.484 e. The van der Waals surface area contributed by atoms with Crippen LogP contribution in [0.4, 0.5) is 0 Å². The summed E-state index contributed by atoms with van der Waals surface area (Å²) in [6, 6.07) is 6.16. The summed E-state index contributed by atoms with van der Waals surface area (Å²) >= 11 is 3.51. The Morgan fingerprint density at radius 2 is 2.14 bits per heavy atom. The smallest absolute Gasteiger partial charge is 0.134 e. The van der Waals surface area contributed by atoms with Crippen LogP contribution < -0.4 is 10.1 Å². The Balaban J connectivity index is 2.16. The molecular formula is C11H14BrNO. The van der Waals surface area contributed by atoms with Crippen LogP contribution >= 0.6 is 15.9 Å². The molecule has 0 unspecified atom stereocenters. The number of halogens is 1. The standard InChI is InChI=1S/C11H14BrNO/c1-8-3-4-10(9(12)5-8)14-11(2)6-13-7-11/h3-5,13H,6-7H2,1-2H3. The number of rotatable bonds is 2. The van der Waals surface area contributed by atoms with Crippen LogP contribution in [0.5, 0.6) is 5.75 Å². The molecule has 14 heavy (non-hydrogen) atoms. The SMILES string of the molecule is Cc1ccc(OC2(C)CNC2)c(Br)c1. The molecular weight excluding hydrogens is 242 g/mol. The van der Waals surface area contributed by atoms with Crippen LogP contribution in [0.3, 0.4) is 0 Å². The normalized spacial score (nSPS) is 18.8. The van der Waals surface area contributed by atoms with Gasteiger partial charge in [-0.3, -0.25) is 0 Å². The van der Waals surface area contributed by atoms with Gasteiger partial charge in [-0.2, -0.15) is 0 Å². The predicted molar refractivity (Wildman–Crippen MR) is 60.8 cm³/mol. The molecule has 76 valence electrons. The predicted octanol–water partition coefficient (Wildman–Crippen LogP) is 2.50. The highest BCUT2D eigenvalue weighted by molar-refractivity contribution is 9.10. The van der Waals surface area contributed by atoms with Crippen LogP contribution in [0.25, 0.3) is 0 Å². The lowest BCUT2D eigenvalue weighted by Gasteiger charge is -2.39. The van der Waals surface area contributed by atoms with E-state index in [4.69, 9.17) is 4.74 Å². The Hall–Kier alpha value is -0.540. The van der Waals surface area contributed by atoms with Crippen LogP contribution in [0.2, 0.25) is 0 Å². The maximum absolute atomic E-state index is 5.91. The van der Waals surface area contributed by atoms with Gasteiger partial charge in [-0.1, -0.05) is 6.07 Å². The van der Waals surface area contributed by atoms with E-state index in [1.165, 1.54) is 5.56 Å². The number of aryl methyl sites for hydroxylation is 1. The van der Waals surface area contributed by atoms with E-state index < -0.39 is 0 Å². The first kappa shape index (κ1) is 9.99. The zero-order valence-electron chi connectivity index (χ0n) is 8.43. The highest BCUT2D eigenvalue weighted by Crippen LogP contribution is 2.30. The Kier molecular flexibility index (Phi) is 2.54. The third kappa shape index (κ3) is 1.93. The Morgan fingerprint density at radius 3 is 2.64 bits per heavy atom. The molecule has 0 bridgehead atoms. The second-order valence-electron chi connectivity index (χ2n) is 4.09. The van der Waals surface area contributed by atoms with E-state index in [0.29, 0.717) is 0 Å². The van der Waals surface area contributed by atoms with Crippen LogP contribution in [0.15, 0.2) is 22.7 Å². The van der Waals surface area contributed by atoms with Gasteiger partial charge in [0, 0.05) is 13.1 Å². The van der Waals surface area contributed by atoms with Crippen LogP contribution in [-0.4, -0.2) is 18.7 Å². The van der Waals surface area contributed by atoms with Gasteiger partial charge >= 0.3 is 0 Å². The van der Waals surface area contributed by atoms with Crippen molar-refractivity contribution in [2.45, 2.75) is 19.4 Å². The molecule has 0 aromatic heterocycles. The van der Waals surface area contributed by atoms with Crippen molar-refractivity contribution in [3.63, 3.8) is 0 Å². The first-order chi connectivity index (χ1) is 6.59. The van der Waals surface area contributed by atoms with Crippen molar-refractivity contribution in [2.24, 2.45) is 0 Å². The van der Waals surface area contributed by atoms with Crippen molar-refractivity contribution in [2.75, 3.05) is 13.1 Å². The lowest BCUT2D eigenvalue weighted by molar-refractivity contribution is 0.0341. The van der Waals surface area contributed by atoms with Gasteiger partial charge in [0.15, 0.2) is 0 Å². The summed E-state index contributed by atoms with van der Waals surface area (Å²) in [5, 5.41) is 3.21. The summed E-state index contributed by atoms with van der Waals surface area (Å²) < 4.78 is 6.95. The highest BCUT2D eigenvalue weighted by atomic mass is 79.9. The van der Waals surface area contributed by atoms with Gasteiger partial charge in [0.2, 0.25) is 0 Å². The first-order valence-electron chi connectivity index (χ1n) is 4.75. The van der Waals surface area contributed by atoms with E-state index in [2.05, 4.69) is 47.2 Å². The van der Waals surface area contributed by atoms with Crippen molar-refractivity contribution in [1.82, 2.24) is 5.32 Å². The van der Waals surface area contributed by atoms with E-state index in [0.717, 1.165) is 23.3 Å². The Bertz CT molecular complexity index is 347. The molecule has 0 amide bonds. The molecule has 0 radical (unpaired) electrons. The number of hydrogen-bond donors (Lipinski definition) is 1. The van der Waals surface area contributed by atoms with Crippen molar-refractivity contribution < 1.29 is 4.74 Å². The summed E-state index contributed by atoms with van der Waals surface area (Å²) in [5.41, 5.74) is 1.21. The zero-order valence-corrected chi connectivity index (χ0v) is 10.0. The maximum Gasteiger partial charge on any atom is 0.134 e. The van der Waals surface area contributed by atoms with E-state index in [1.54, 1.807) is 0 Å². The van der Waals surface area contributed by atoms with Crippen molar-refractivity contribution >= 4 is 15.9 Å². The Labute approximate surface area is 92.8 Å². The molecule has 1 fully saturated rings. The fourth-order valence-electron chi connectivity index (χ4n) is 1.50. The molecule has 1 aliphatic rings. The molecule has 1 aromatic carbocycles. The number of ether oxygens (including phenoxy) is 1. The van der Waals surface area contributed by atoms with E-state index >= 15 is 0 Å². The van der Waals surface area contributed by atoms with Crippen molar-refractivity contribution in [3.8, 4) is 5.75 Å². The number of benzene rings is 1. The van der Waals surface area contributed by atoms with Gasteiger partial charge in [-0.05, 0) is 47.5 Å². The molecule has 0 atom stereocenters. The molecule has 0 saturated carbocycles. The molecule has 2 nitrogen and oxygen atoms in total. The highest BCUT2D eigenvalue weighted by Gasteiger charge is 2.34. The minimum atomic E-state index is -0.0300. The molecule has 1 saturated heterocycles. The third-order valence-corrected chi connectivity index (χ3v) is 3.06. The average molecular weight is 256 g/mol. The molecule has 0 aliphatic carbocycles. The molecule has 0 spiro atoms. The Morgan fingerprint density at radius 1 is 1.43 bits per heavy atom. The number of nitrogens with one attached hydrogen (secondary N) is 1. The quantitative estimate of drug-likeness (QED) is 0.877. The monoisotopic (exact) mass is 255 g/mol. The van der Waals surface area contributed by atoms with Crippen LogP contribution in [-0.2, 0) is 0 Å². The van der Waals surface area contributed by atoms with Gasteiger partial charge in [-0.15, -0.1) is 0 Å². The van der Waals surface area contributed by atoms with Gasteiger partial charge < -0.3 is 10.1 Å².